The zero-order chi connectivity index (χ0) is 19.5. The number of rotatable bonds is 9. The van der Waals surface area contributed by atoms with Crippen LogP contribution in [0.25, 0.3) is 0 Å². The summed E-state index contributed by atoms with van der Waals surface area (Å²) in [5, 5.41) is 12.4. The van der Waals surface area contributed by atoms with Crippen molar-refractivity contribution in [3.63, 3.8) is 0 Å². The van der Waals surface area contributed by atoms with Gasteiger partial charge in [-0.2, -0.15) is 5.26 Å². The molecular formula is C21H30N4O2. The van der Waals surface area contributed by atoms with E-state index in [0.29, 0.717) is 26.2 Å². The van der Waals surface area contributed by atoms with E-state index in [4.69, 9.17) is 4.74 Å². The van der Waals surface area contributed by atoms with Gasteiger partial charge in [-0.05, 0) is 25.8 Å². The fourth-order valence-corrected chi connectivity index (χ4v) is 2.93. The summed E-state index contributed by atoms with van der Waals surface area (Å²) < 4.78 is 5.46. The lowest BCUT2D eigenvalue weighted by Crippen LogP contribution is -2.48. The summed E-state index contributed by atoms with van der Waals surface area (Å²) in [7, 11) is 0. The van der Waals surface area contributed by atoms with Crippen molar-refractivity contribution in [3.8, 4) is 6.07 Å². The van der Waals surface area contributed by atoms with Crippen molar-refractivity contribution in [2.45, 2.75) is 32.9 Å². The third kappa shape index (κ3) is 7.41. The summed E-state index contributed by atoms with van der Waals surface area (Å²) >= 11 is 0. The molecule has 0 atom stereocenters. The molecule has 1 heterocycles. The van der Waals surface area contributed by atoms with Crippen LogP contribution in [0.4, 0.5) is 0 Å². The molecule has 0 aromatic heterocycles. The smallest absolute Gasteiger partial charge is 0.266 e. The highest BCUT2D eigenvalue weighted by atomic mass is 16.5. The highest BCUT2D eigenvalue weighted by Crippen LogP contribution is 2.10. The first-order chi connectivity index (χ1) is 13.1. The number of ether oxygens (including phenoxy) is 1. The van der Waals surface area contributed by atoms with Gasteiger partial charge in [-0.3, -0.25) is 9.69 Å². The van der Waals surface area contributed by atoms with E-state index in [9.17, 15) is 10.1 Å². The number of carbonyl (C=O) groups is 1. The van der Waals surface area contributed by atoms with Crippen molar-refractivity contribution in [1.29, 1.82) is 5.26 Å². The standard InChI is InChI=1S/C21H30N4O2/c1-18(2)27-14-6-9-23-16-20(15-22)21(26)25-12-10-24(11-13-25)17-19-7-4-3-5-8-19/h3-5,7-8,16,18,23H,6,9-14,17H2,1-2H3/b20-16-. The maximum absolute atomic E-state index is 12.6. The maximum Gasteiger partial charge on any atom is 0.266 e. The van der Waals surface area contributed by atoms with Gasteiger partial charge < -0.3 is 15.0 Å². The quantitative estimate of drug-likeness (QED) is 0.410. The van der Waals surface area contributed by atoms with Crippen LogP contribution in [0, 0.1) is 11.3 Å². The van der Waals surface area contributed by atoms with Crippen LogP contribution in [0.3, 0.4) is 0 Å². The van der Waals surface area contributed by atoms with Crippen LogP contribution in [0.5, 0.6) is 0 Å². The second-order valence-electron chi connectivity index (χ2n) is 6.95. The fraction of sp³-hybridized carbons (Fsp3) is 0.524. The molecule has 1 amide bonds. The summed E-state index contributed by atoms with van der Waals surface area (Å²) in [6, 6.07) is 12.4. The molecule has 6 nitrogen and oxygen atoms in total. The monoisotopic (exact) mass is 370 g/mol. The normalized spacial score (nSPS) is 15.6. The first-order valence-corrected chi connectivity index (χ1v) is 9.61. The Morgan fingerprint density at radius 3 is 2.59 bits per heavy atom. The predicted molar refractivity (Wildman–Crippen MR) is 106 cm³/mol. The summed E-state index contributed by atoms with van der Waals surface area (Å²) in [5.74, 6) is -0.192. The van der Waals surface area contributed by atoms with Crippen molar-refractivity contribution in [3.05, 3.63) is 47.7 Å². The van der Waals surface area contributed by atoms with Crippen molar-refractivity contribution < 1.29 is 9.53 Å². The Bertz CT molecular complexity index is 644. The molecule has 0 radical (unpaired) electrons. The molecule has 1 aliphatic rings. The van der Waals surface area contributed by atoms with Crippen LogP contribution in [-0.2, 0) is 16.1 Å². The number of carbonyl (C=O) groups excluding carboxylic acids is 1. The number of nitrogens with zero attached hydrogens (tertiary/aromatic N) is 3. The van der Waals surface area contributed by atoms with Gasteiger partial charge >= 0.3 is 0 Å². The number of hydrogen-bond donors (Lipinski definition) is 1. The minimum absolute atomic E-state index is 0.163. The number of nitrogens with one attached hydrogen (secondary N) is 1. The molecule has 1 aliphatic heterocycles. The third-order valence-corrected chi connectivity index (χ3v) is 4.42. The minimum atomic E-state index is -0.192. The number of benzene rings is 1. The van der Waals surface area contributed by atoms with Crippen LogP contribution >= 0.6 is 0 Å². The second-order valence-corrected chi connectivity index (χ2v) is 6.95. The van der Waals surface area contributed by atoms with E-state index in [1.54, 1.807) is 4.90 Å². The summed E-state index contributed by atoms with van der Waals surface area (Å²) in [4.78, 5) is 16.7. The van der Waals surface area contributed by atoms with E-state index in [2.05, 4.69) is 22.3 Å². The van der Waals surface area contributed by atoms with Gasteiger partial charge in [0.25, 0.3) is 5.91 Å². The third-order valence-electron chi connectivity index (χ3n) is 4.42. The lowest BCUT2D eigenvalue weighted by Gasteiger charge is -2.34. The Morgan fingerprint density at radius 1 is 1.26 bits per heavy atom. The lowest BCUT2D eigenvalue weighted by molar-refractivity contribution is -0.128. The highest BCUT2D eigenvalue weighted by molar-refractivity contribution is 5.97. The van der Waals surface area contributed by atoms with Crippen molar-refractivity contribution >= 4 is 5.91 Å². The molecule has 1 aromatic carbocycles. The molecular weight excluding hydrogens is 340 g/mol. The average molecular weight is 370 g/mol. The van der Waals surface area contributed by atoms with E-state index in [1.807, 2.05) is 38.1 Å². The molecule has 1 aromatic rings. The Balaban J connectivity index is 1.74. The Morgan fingerprint density at radius 2 is 1.96 bits per heavy atom. The highest BCUT2D eigenvalue weighted by Gasteiger charge is 2.23. The van der Waals surface area contributed by atoms with Crippen molar-refractivity contribution in [1.82, 2.24) is 15.1 Å². The number of amides is 1. The van der Waals surface area contributed by atoms with Crippen LogP contribution < -0.4 is 5.32 Å². The van der Waals surface area contributed by atoms with Crippen molar-refractivity contribution in [2.75, 3.05) is 39.3 Å². The molecule has 0 saturated carbocycles. The van der Waals surface area contributed by atoms with Gasteiger partial charge in [-0.1, -0.05) is 30.3 Å². The van der Waals surface area contributed by atoms with E-state index in [1.165, 1.54) is 11.8 Å². The summed E-state index contributed by atoms with van der Waals surface area (Å²) in [6.07, 6.45) is 2.59. The van der Waals surface area contributed by atoms with Crippen LogP contribution in [0.15, 0.2) is 42.1 Å². The number of hydrogen-bond acceptors (Lipinski definition) is 5. The first-order valence-electron chi connectivity index (χ1n) is 9.61. The van der Waals surface area contributed by atoms with E-state index in [-0.39, 0.29) is 17.6 Å². The molecule has 0 spiro atoms. The van der Waals surface area contributed by atoms with Gasteiger partial charge in [-0.25, -0.2) is 0 Å². The first kappa shape index (κ1) is 20.9. The van der Waals surface area contributed by atoms with Gasteiger partial charge in [0.1, 0.15) is 11.6 Å². The summed E-state index contributed by atoms with van der Waals surface area (Å²) in [5.41, 5.74) is 1.44. The molecule has 0 unspecified atom stereocenters. The van der Waals surface area contributed by atoms with E-state index < -0.39 is 0 Å². The average Bonchev–Trinajstić information content (AvgIpc) is 2.68. The van der Waals surface area contributed by atoms with Gasteiger partial charge in [-0.15, -0.1) is 0 Å². The van der Waals surface area contributed by atoms with E-state index in [0.717, 1.165) is 26.1 Å². The zero-order valence-corrected chi connectivity index (χ0v) is 16.4. The molecule has 1 saturated heterocycles. The van der Waals surface area contributed by atoms with Crippen LogP contribution in [0.2, 0.25) is 0 Å². The Labute approximate surface area is 162 Å². The van der Waals surface area contributed by atoms with Gasteiger partial charge in [0.15, 0.2) is 0 Å². The Kier molecular flexibility index (Phi) is 8.82. The van der Waals surface area contributed by atoms with Gasteiger partial charge in [0, 0.05) is 52.1 Å². The van der Waals surface area contributed by atoms with Crippen LogP contribution in [-0.4, -0.2) is 61.1 Å². The number of nitriles is 1. The molecule has 0 aliphatic carbocycles. The molecule has 1 fully saturated rings. The molecule has 0 bridgehead atoms. The van der Waals surface area contributed by atoms with Gasteiger partial charge in [0.2, 0.25) is 0 Å². The molecule has 6 heteroatoms. The largest absolute Gasteiger partial charge is 0.390 e. The van der Waals surface area contributed by atoms with Crippen LogP contribution in [0.1, 0.15) is 25.8 Å². The lowest BCUT2D eigenvalue weighted by atomic mass is 10.2. The van der Waals surface area contributed by atoms with Gasteiger partial charge in [0.05, 0.1) is 6.10 Å². The summed E-state index contributed by atoms with van der Waals surface area (Å²) in [6.45, 7) is 9.16. The second kappa shape index (κ2) is 11.4. The minimum Gasteiger partial charge on any atom is -0.390 e. The molecule has 2 rings (SSSR count). The predicted octanol–water partition coefficient (Wildman–Crippen LogP) is 2.14. The molecule has 1 N–H and O–H groups in total. The number of piperazine rings is 1. The maximum atomic E-state index is 12.6. The fourth-order valence-electron chi connectivity index (χ4n) is 2.93. The molecule has 146 valence electrons. The Hall–Kier alpha value is -2.36. The SMILES string of the molecule is CC(C)OCCCN/C=C(/C#N)C(=O)N1CCN(Cc2ccccc2)CC1. The molecule has 27 heavy (non-hydrogen) atoms. The zero-order valence-electron chi connectivity index (χ0n) is 16.4. The topological polar surface area (TPSA) is 68.6 Å². The van der Waals surface area contributed by atoms with E-state index >= 15 is 0 Å². The van der Waals surface area contributed by atoms with Crippen molar-refractivity contribution in [2.24, 2.45) is 0 Å².